The zero-order valence-corrected chi connectivity index (χ0v) is 13.3. The van der Waals surface area contributed by atoms with Crippen LogP contribution in [0, 0.1) is 13.8 Å². The van der Waals surface area contributed by atoms with E-state index in [0.717, 1.165) is 11.1 Å². The molecule has 1 atom stereocenters. The highest BCUT2D eigenvalue weighted by molar-refractivity contribution is 7.98. The highest BCUT2D eigenvalue weighted by atomic mass is 32.2. The summed E-state index contributed by atoms with van der Waals surface area (Å²) in [6, 6.07) is 4.71. The SMILES string of the molecule is CSCC[C@@H](NC(=O)COc1c(C)cccc1C)C(=O)[O-]. The molecule has 0 spiro atoms. The van der Waals surface area contributed by atoms with E-state index in [1.54, 1.807) is 0 Å². The smallest absolute Gasteiger partial charge is 0.258 e. The van der Waals surface area contributed by atoms with Crippen molar-refractivity contribution >= 4 is 23.6 Å². The van der Waals surface area contributed by atoms with E-state index in [2.05, 4.69) is 5.32 Å². The van der Waals surface area contributed by atoms with Crippen LogP contribution in [0.15, 0.2) is 18.2 Å². The Labute approximate surface area is 129 Å². The lowest BCUT2D eigenvalue weighted by molar-refractivity contribution is -0.308. The first kappa shape index (κ1) is 17.4. The second-order valence-corrected chi connectivity index (χ2v) is 5.72. The molecule has 0 saturated heterocycles. The summed E-state index contributed by atoms with van der Waals surface area (Å²) in [5.74, 6) is -0.448. The molecule has 0 aromatic heterocycles. The molecule has 0 bridgehead atoms. The third kappa shape index (κ3) is 5.67. The Hall–Kier alpha value is -1.69. The van der Waals surface area contributed by atoms with Gasteiger partial charge in [0, 0.05) is 0 Å². The van der Waals surface area contributed by atoms with Crippen molar-refractivity contribution in [1.29, 1.82) is 0 Å². The topological polar surface area (TPSA) is 78.5 Å². The average molecular weight is 310 g/mol. The van der Waals surface area contributed by atoms with Crippen molar-refractivity contribution in [2.75, 3.05) is 18.6 Å². The number of aliphatic carboxylic acids is 1. The van der Waals surface area contributed by atoms with E-state index in [9.17, 15) is 14.7 Å². The van der Waals surface area contributed by atoms with Crippen molar-refractivity contribution in [1.82, 2.24) is 5.32 Å². The van der Waals surface area contributed by atoms with Gasteiger partial charge >= 0.3 is 0 Å². The van der Waals surface area contributed by atoms with Gasteiger partial charge in [0.1, 0.15) is 5.75 Å². The van der Waals surface area contributed by atoms with Gasteiger partial charge in [0.2, 0.25) is 0 Å². The van der Waals surface area contributed by atoms with Crippen LogP contribution in [0.1, 0.15) is 17.5 Å². The number of benzene rings is 1. The predicted octanol–water partition coefficient (Wildman–Crippen LogP) is 0.670. The number of amides is 1. The first-order chi connectivity index (χ1) is 9.95. The molecule has 0 aliphatic carbocycles. The molecule has 0 heterocycles. The maximum atomic E-state index is 11.8. The molecule has 1 amide bonds. The number of carbonyl (C=O) groups is 2. The Kier molecular flexibility index (Phi) is 7.08. The van der Waals surface area contributed by atoms with E-state index in [0.29, 0.717) is 17.9 Å². The Morgan fingerprint density at radius 3 is 2.48 bits per heavy atom. The standard InChI is InChI=1S/C15H21NO4S/c1-10-5-4-6-11(2)14(10)20-9-13(17)16-12(15(18)19)7-8-21-3/h4-6,12H,7-9H2,1-3H3,(H,16,17)(H,18,19)/p-1/t12-/m1/s1. The van der Waals surface area contributed by atoms with Gasteiger partial charge in [-0.2, -0.15) is 11.8 Å². The second kappa shape index (κ2) is 8.56. The lowest BCUT2D eigenvalue weighted by Gasteiger charge is -2.19. The van der Waals surface area contributed by atoms with E-state index >= 15 is 0 Å². The molecule has 116 valence electrons. The van der Waals surface area contributed by atoms with Crippen molar-refractivity contribution in [2.24, 2.45) is 0 Å². The first-order valence-corrected chi connectivity index (χ1v) is 8.03. The number of thioether (sulfide) groups is 1. The summed E-state index contributed by atoms with van der Waals surface area (Å²) in [6.45, 7) is 3.57. The van der Waals surface area contributed by atoms with Crippen molar-refractivity contribution in [2.45, 2.75) is 26.3 Å². The fourth-order valence-electron chi connectivity index (χ4n) is 1.89. The molecule has 5 nitrogen and oxygen atoms in total. The molecule has 0 fully saturated rings. The molecule has 21 heavy (non-hydrogen) atoms. The number of aryl methyl sites for hydroxylation is 2. The van der Waals surface area contributed by atoms with E-state index in [4.69, 9.17) is 4.74 Å². The van der Waals surface area contributed by atoms with Gasteiger partial charge in [0.25, 0.3) is 5.91 Å². The summed E-state index contributed by atoms with van der Waals surface area (Å²) in [5.41, 5.74) is 1.86. The van der Waals surface area contributed by atoms with Gasteiger partial charge in [-0.05, 0) is 43.4 Å². The Bertz CT molecular complexity index is 484. The molecule has 0 aliphatic heterocycles. The number of rotatable bonds is 8. The Balaban J connectivity index is 2.55. The van der Waals surface area contributed by atoms with Crippen LogP contribution in [-0.2, 0) is 9.59 Å². The summed E-state index contributed by atoms with van der Waals surface area (Å²) in [4.78, 5) is 22.7. The number of para-hydroxylation sites is 1. The molecule has 0 saturated carbocycles. The van der Waals surface area contributed by atoms with Gasteiger partial charge in [-0.3, -0.25) is 4.79 Å². The van der Waals surface area contributed by atoms with Crippen molar-refractivity contribution < 1.29 is 19.4 Å². The minimum atomic E-state index is -1.27. The van der Waals surface area contributed by atoms with Crippen LogP contribution in [-0.4, -0.2) is 36.5 Å². The van der Waals surface area contributed by atoms with E-state index in [1.807, 2.05) is 38.3 Å². The van der Waals surface area contributed by atoms with Crippen LogP contribution in [0.3, 0.4) is 0 Å². The number of carbonyl (C=O) groups excluding carboxylic acids is 2. The van der Waals surface area contributed by atoms with Gasteiger partial charge in [-0.25, -0.2) is 0 Å². The zero-order chi connectivity index (χ0) is 15.8. The van der Waals surface area contributed by atoms with E-state index in [-0.39, 0.29) is 6.61 Å². The maximum absolute atomic E-state index is 11.8. The van der Waals surface area contributed by atoms with Gasteiger partial charge in [-0.1, -0.05) is 18.2 Å². The van der Waals surface area contributed by atoms with Crippen LogP contribution in [0.2, 0.25) is 0 Å². The number of ether oxygens (including phenoxy) is 1. The van der Waals surface area contributed by atoms with Crippen LogP contribution >= 0.6 is 11.8 Å². The van der Waals surface area contributed by atoms with E-state index in [1.165, 1.54) is 11.8 Å². The fourth-order valence-corrected chi connectivity index (χ4v) is 2.36. The average Bonchev–Trinajstić information content (AvgIpc) is 2.42. The minimum Gasteiger partial charge on any atom is -0.548 e. The van der Waals surface area contributed by atoms with Crippen molar-refractivity contribution in [3.05, 3.63) is 29.3 Å². The zero-order valence-electron chi connectivity index (χ0n) is 12.5. The maximum Gasteiger partial charge on any atom is 0.258 e. The third-order valence-electron chi connectivity index (χ3n) is 2.99. The number of carboxylic acids is 1. The molecule has 0 unspecified atom stereocenters. The monoisotopic (exact) mass is 310 g/mol. The normalized spacial score (nSPS) is 11.8. The Morgan fingerprint density at radius 2 is 1.95 bits per heavy atom. The summed E-state index contributed by atoms with van der Waals surface area (Å²) in [5, 5.41) is 13.4. The minimum absolute atomic E-state index is 0.214. The molecule has 0 aliphatic rings. The third-order valence-corrected chi connectivity index (χ3v) is 3.63. The predicted molar refractivity (Wildman–Crippen MR) is 81.3 cm³/mol. The second-order valence-electron chi connectivity index (χ2n) is 4.73. The van der Waals surface area contributed by atoms with Gasteiger partial charge < -0.3 is 20.0 Å². The van der Waals surface area contributed by atoms with Gasteiger partial charge in [-0.15, -0.1) is 0 Å². The van der Waals surface area contributed by atoms with Gasteiger partial charge in [0.15, 0.2) is 6.61 Å². The summed E-state index contributed by atoms with van der Waals surface area (Å²) in [6.07, 6.45) is 2.21. The summed E-state index contributed by atoms with van der Waals surface area (Å²) >= 11 is 1.51. The molecule has 0 radical (unpaired) electrons. The van der Waals surface area contributed by atoms with Crippen molar-refractivity contribution in [3.8, 4) is 5.75 Å². The first-order valence-electron chi connectivity index (χ1n) is 6.64. The molecular weight excluding hydrogens is 290 g/mol. The van der Waals surface area contributed by atoms with Crippen LogP contribution in [0.4, 0.5) is 0 Å². The number of hydrogen-bond acceptors (Lipinski definition) is 5. The molecule has 1 N–H and O–H groups in total. The van der Waals surface area contributed by atoms with Crippen molar-refractivity contribution in [3.63, 3.8) is 0 Å². The highest BCUT2D eigenvalue weighted by Crippen LogP contribution is 2.21. The quantitative estimate of drug-likeness (QED) is 0.763. The van der Waals surface area contributed by atoms with Gasteiger partial charge in [0.05, 0.1) is 12.0 Å². The molecule has 1 aromatic rings. The van der Waals surface area contributed by atoms with Crippen LogP contribution in [0.25, 0.3) is 0 Å². The fraction of sp³-hybridized carbons (Fsp3) is 0.467. The lowest BCUT2D eigenvalue weighted by atomic mass is 10.1. The molecule has 1 rings (SSSR count). The number of hydrogen-bond donors (Lipinski definition) is 1. The Morgan fingerprint density at radius 1 is 1.33 bits per heavy atom. The van der Waals surface area contributed by atoms with Crippen LogP contribution in [0.5, 0.6) is 5.75 Å². The highest BCUT2D eigenvalue weighted by Gasteiger charge is 2.14. The van der Waals surface area contributed by atoms with Crippen LogP contribution < -0.4 is 15.2 Å². The summed E-state index contributed by atoms with van der Waals surface area (Å²) < 4.78 is 5.48. The summed E-state index contributed by atoms with van der Waals surface area (Å²) in [7, 11) is 0. The largest absolute Gasteiger partial charge is 0.548 e. The molecule has 1 aromatic carbocycles. The molecular formula is C15H20NO4S-. The lowest BCUT2D eigenvalue weighted by Crippen LogP contribution is -2.49. The molecule has 6 heteroatoms. The number of nitrogens with one attached hydrogen (secondary N) is 1. The number of carboxylic acid groups (broad SMARTS) is 1. The van der Waals surface area contributed by atoms with E-state index < -0.39 is 17.9 Å².